The van der Waals surface area contributed by atoms with Gasteiger partial charge in [-0.25, -0.2) is 4.98 Å². The van der Waals surface area contributed by atoms with Crippen molar-refractivity contribution in [3.63, 3.8) is 0 Å². The number of rotatable bonds is 3. The second-order valence-electron chi connectivity index (χ2n) is 3.38. The molecule has 1 aromatic heterocycles. The van der Waals surface area contributed by atoms with E-state index in [0.29, 0.717) is 5.82 Å². The van der Waals surface area contributed by atoms with Crippen molar-refractivity contribution in [3.05, 3.63) is 23.9 Å². The number of halogens is 3. The van der Waals surface area contributed by atoms with Gasteiger partial charge in [-0.3, -0.25) is 0 Å². The third kappa shape index (κ3) is 3.42. The highest BCUT2D eigenvalue weighted by Crippen LogP contribution is 2.28. The normalized spacial score (nSPS) is 13.7. The minimum absolute atomic E-state index is 0.203. The Hall–Kier alpha value is -1.26. The smallest absolute Gasteiger partial charge is 0.368 e. The number of nitrogens with zero attached hydrogens (tertiary/aromatic N) is 1. The Balaban J connectivity index is 2.73. The van der Waals surface area contributed by atoms with Gasteiger partial charge in [-0.2, -0.15) is 13.2 Å². The number of nitrogens with one attached hydrogen (secondary N) is 1. The second kappa shape index (κ2) is 4.51. The third-order valence-corrected chi connectivity index (χ3v) is 2.10. The molecule has 1 rings (SSSR count). The molecule has 15 heavy (non-hydrogen) atoms. The molecule has 0 aliphatic rings. The van der Waals surface area contributed by atoms with Crippen molar-refractivity contribution >= 4 is 5.82 Å². The van der Waals surface area contributed by atoms with Crippen LogP contribution in [-0.4, -0.2) is 11.0 Å². The SMILES string of the molecule is CC[C@@H](C)Nc1ccc(C(F)(F)F)cn1. The van der Waals surface area contributed by atoms with E-state index in [1.807, 2.05) is 13.8 Å². The van der Waals surface area contributed by atoms with Crippen LogP contribution in [0.1, 0.15) is 25.8 Å². The van der Waals surface area contributed by atoms with Crippen LogP contribution in [0.2, 0.25) is 0 Å². The Morgan fingerprint density at radius 2 is 2.07 bits per heavy atom. The monoisotopic (exact) mass is 218 g/mol. The van der Waals surface area contributed by atoms with E-state index in [2.05, 4.69) is 10.3 Å². The molecule has 1 heterocycles. The number of aromatic nitrogens is 1. The van der Waals surface area contributed by atoms with Gasteiger partial charge in [0.25, 0.3) is 0 Å². The van der Waals surface area contributed by atoms with Crippen LogP contribution in [0.15, 0.2) is 18.3 Å². The zero-order chi connectivity index (χ0) is 11.5. The summed E-state index contributed by atoms with van der Waals surface area (Å²) in [7, 11) is 0. The Kier molecular flexibility index (Phi) is 3.55. The maximum atomic E-state index is 12.2. The number of pyridine rings is 1. The first-order valence-electron chi connectivity index (χ1n) is 4.73. The molecule has 0 aliphatic heterocycles. The molecule has 1 N–H and O–H groups in total. The molecule has 0 saturated carbocycles. The van der Waals surface area contributed by atoms with Gasteiger partial charge in [-0.05, 0) is 25.5 Å². The van der Waals surface area contributed by atoms with Gasteiger partial charge >= 0.3 is 6.18 Å². The van der Waals surface area contributed by atoms with Gasteiger partial charge < -0.3 is 5.32 Å². The summed E-state index contributed by atoms with van der Waals surface area (Å²) in [6.45, 7) is 3.93. The van der Waals surface area contributed by atoms with Crippen molar-refractivity contribution in [2.75, 3.05) is 5.32 Å². The van der Waals surface area contributed by atoms with Crippen molar-refractivity contribution in [3.8, 4) is 0 Å². The van der Waals surface area contributed by atoms with E-state index >= 15 is 0 Å². The van der Waals surface area contributed by atoms with Gasteiger partial charge in [-0.15, -0.1) is 0 Å². The fraction of sp³-hybridized carbons (Fsp3) is 0.500. The van der Waals surface area contributed by atoms with E-state index in [0.717, 1.165) is 18.7 Å². The second-order valence-corrected chi connectivity index (χ2v) is 3.38. The Morgan fingerprint density at radius 3 is 2.47 bits per heavy atom. The molecule has 1 atom stereocenters. The fourth-order valence-corrected chi connectivity index (χ4v) is 1.00. The van der Waals surface area contributed by atoms with Crippen molar-refractivity contribution in [1.82, 2.24) is 4.98 Å². The first-order chi connectivity index (χ1) is 6.93. The van der Waals surface area contributed by atoms with Gasteiger partial charge in [-0.1, -0.05) is 6.92 Å². The topological polar surface area (TPSA) is 24.9 Å². The Morgan fingerprint density at radius 1 is 1.40 bits per heavy atom. The largest absolute Gasteiger partial charge is 0.417 e. The lowest BCUT2D eigenvalue weighted by atomic mass is 10.2. The van der Waals surface area contributed by atoms with Crippen LogP contribution in [0, 0.1) is 0 Å². The summed E-state index contributed by atoms with van der Waals surface area (Å²) in [5, 5.41) is 2.99. The van der Waals surface area contributed by atoms with Crippen molar-refractivity contribution in [2.24, 2.45) is 0 Å². The summed E-state index contributed by atoms with van der Waals surface area (Å²) in [6.07, 6.45) is -2.59. The molecule has 0 aliphatic carbocycles. The lowest BCUT2D eigenvalue weighted by molar-refractivity contribution is -0.137. The fourth-order valence-electron chi connectivity index (χ4n) is 1.00. The summed E-state index contributed by atoms with van der Waals surface area (Å²) in [4.78, 5) is 3.70. The van der Waals surface area contributed by atoms with Crippen molar-refractivity contribution < 1.29 is 13.2 Å². The molecule has 1 aromatic rings. The van der Waals surface area contributed by atoms with E-state index < -0.39 is 11.7 Å². The van der Waals surface area contributed by atoms with Crippen LogP contribution < -0.4 is 5.32 Å². The van der Waals surface area contributed by atoms with Crippen LogP contribution in [0.25, 0.3) is 0 Å². The van der Waals surface area contributed by atoms with Gasteiger partial charge in [0.05, 0.1) is 5.56 Å². The predicted octanol–water partition coefficient (Wildman–Crippen LogP) is 3.31. The van der Waals surface area contributed by atoms with E-state index in [9.17, 15) is 13.2 Å². The number of anilines is 1. The molecule has 0 spiro atoms. The number of hydrogen-bond acceptors (Lipinski definition) is 2. The zero-order valence-electron chi connectivity index (χ0n) is 8.60. The average molecular weight is 218 g/mol. The van der Waals surface area contributed by atoms with E-state index in [4.69, 9.17) is 0 Å². The minimum atomic E-state index is -4.32. The molecule has 0 radical (unpaired) electrons. The molecule has 0 bridgehead atoms. The highest BCUT2D eigenvalue weighted by Gasteiger charge is 2.30. The quantitative estimate of drug-likeness (QED) is 0.841. The number of hydrogen-bond donors (Lipinski definition) is 1. The summed E-state index contributed by atoms with van der Waals surface area (Å²) in [6, 6.07) is 2.57. The van der Waals surface area contributed by atoms with Gasteiger partial charge in [0.2, 0.25) is 0 Å². The van der Waals surface area contributed by atoms with Crippen LogP contribution in [0.4, 0.5) is 19.0 Å². The van der Waals surface area contributed by atoms with Crippen LogP contribution in [0.3, 0.4) is 0 Å². The standard InChI is InChI=1S/C10H13F3N2/c1-3-7(2)15-9-5-4-8(6-14-9)10(11,12)13/h4-7H,3H2,1-2H3,(H,14,15)/t7-/m1/s1. The zero-order valence-corrected chi connectivity index (χ0v) is 8.60. The molecule has 0 saturated heterocycles. The average Bonchev–Trinajstić information content (AvgIpc) is 2.17. The maximum absolute atomic E-state index is 12.2. The van der Waals surface area contributed by atoms with Gasteiger partial charge in [0, 0.05) is 12.2 Å². The molecule has 2 nitrogen and oxygen atoms in total. The molecule has 84 valence electrons. The summed E-state index contributed by atoms with van der Waals surface area (Å²) in [5.41, 5.74) is -0.725. The lowest BCUT2D eigenvalue weighted by Crippen LogP contribution is -2.15. The van der Waals surface area contributed by atoms with E-state index in [1.165, 1.54) is 6.07 Å². The Labute approximate surface area is 86.5 Å². The summed E-state index contributed by atoms with van der Waals surface area (Å²) in [5.74, 6) is 0.470. The first-order valence-corrected chi connectivity index (χ1v) is 4.73. The summed E-state index contributed by atoms with van der Waals surface area (Å²) < 4.78 is 36.6. The molecule has 0 amide bonds. The molecule has 0 aromatic carbocycles. The maximum Gasteiger partial charge on any atom is 0.417 e. The van der Waals surface area contributed by atoms with Gasteiger partial charge in [0.15, 0.2) is 0 Å². The van der Waals surface area contributed by atoms with Gasteiger partial charge in [0.1, 0.15) is 5.82 Å². The van der Waals surface area contributed by atoms with E-state index in [1.54, 1.807) is 0 Å². The van der Waals surface area contributed by atoms with E-state index in [-0.39, 0.29) is 6.04 Å². The molecular formula is C10H13F3N2. The number of alkyl halides is 3. The highest BCUT2D eigenvalue weighted by atomic mass is 19.4. The molecule has 5 heteroatoms. The molecule has 0 fully saturated rings. The van der Waals surface area contributed by atoms with Crippen LogP contribution >= 0.6 is 0 Å². The van der Waals surface area contributed by atoms with Crippen LogP contribution in [-0.2, 0) is 6.18 Å². The predicted molar refractivity (Wildman–Crippen MR) is 52.6 cm³/mol. The van der Waals surface area contributed by atoms with Crippen molar-refractivity contribution in [2.45, 2.75) is 32.5 Å². The molecular weight excluding hydrogens is 205 g/mol. The van der Waals surface area contributed by atoms with Crippen LogP contribution in [0.5, 0.6) is 0 Å². The first kappa shape index (κ1) is 11.8. The highest BCUT2D eigenvalue weighted by molar-refractivity contribution is 5.36. The Bertz CT molecular complexity index is 305. The summed E-state index contributed by atoms with van der Waals surface area (Å²) >= 11 is 0. The van der Waals surface area contributed by atoms with Crippen molar-refractivity contribution in [1.29, 1.82) is 0 Å². The minimum Gasteiger partial charge on any atom is -0.368 e. The molecule has 0 unspecified atom stereocenters. The lowest BCUT2D eigenvalue weighted by Gasteiger charge is -2.12. The third-order valence-electron chi connectivity index (χ3n) is 2.10.